The van der Waals surface area contributed by atoms with Crippen molar-refractivity contribution in [1.82, 2.24) is 44.0 Å². The summed E-state index contributed by atoms with van der Waals surface area (Å²) in [4.78, 5) is 64.3. The topological polar surface area (TPSA) is 187 Å². The number of likely N-dealkylation sites (tertiary alicyclic amines) is 1. The summed E-state index contributed by atoms with van der Waals surface area (Å²) in [5.41, 5.74) is 2.52. The van der Waals surface area contributed by atoms with Gasteiger partial charge in [-0.2, -0.15) is 5.10 Å². The molecule has 0 spiro atoms. The molecule has 4 aromatic heterocycles. The molecule has 19 heteroatoms. The number of imide groups is 1. The molecule has 1 aromatic carbocycles. The predicted molar refractivity (Wildman–Crippen MR) is 254 cm³/mol. The van der Waals surface area contributed by atoms with E-state index in [1.165, 1.54) is 29.9 Å². The maximum Gasteiger partial charge on any atom is 0.329 e. The van der Waals surface area contributed by atoms with Crippen LogP contribution in [0.5, 0.6) is 0 Å². The van der Waals surface area contributed by atoms with E-state index in [4.69, 9.17) is 9.15 Å². The average molecular weight is 952 g/mol. The van der Waals surface area contributed by atoms with E-state index in [0.29, 0.717) is 53.2 Å². The van der Waals surface area contributed by atoms with E-state index in [-0.39, 0.29) is 41.3 Å². The van der Waals surface area contributed by atoms with Gasteiger partial charge in [0.2, 0.25) is 17.7 Å². The van der Waals surface area contributed by atoms with Crippen LogP contribution in [0.2, 0.25) is 0 Å². The first-order valence-electron chi connectivity index (χ1n) is 24.8. The van der Waals surface area contributed by atoms with Gasteiger partial charge in [-0.1, -0.05) is 6.07 Å². The number of aromatic nitrogens is 6. The number of aryl methyl sites for hydroxylation is 1. The van der Waals surface area contributed by atoms with Crippen molar-refractivity contribution in [3.8, 4) is 11.5 Å². The van der Waals surface area contributed by atoms with Crippen molar-refractivity contribution >= 4 is 40.3 Å². The van der Waals surface area contributed by atoms with Gasteiger partial charge in [0, 0.05) is 63.7 Å². The first-order valence-corrected chi connectivity index (χ1v) is 24.8. The van der Waals surface area contributed by atoms with Crippen LogP contribution in [0.15, 0.2) is 58.2 Å². The number of piperidine rings is 2. The van der Waals surface area contributed by atoms with E-state index in [2.05, 4.69) is 53.9 Å². The minimum atomic E-state index is -2.86. The number of anilines is 2. The third-order valence-corrected chi connectivity index (χ3v) is 15.3. The molecule has 5 aromatic rings. The zero-order valence-corrected chi connectivity index (χ0v) is 39.5. The Morgan fingerprint density at radius 1 is 0.971 bits per heavy atom. The van der Waals surface area contributed by atoms with Gasteiger partial charge >= 0.3 is 5.69 Å². The van der Waals surface area contributed by atoms with E-state index >= 15 is 0 Å². The molecule has 0 bridgehead atoms. The number of carbonyl (C=O) groups excluding carboxylic acids is 3. The van der Waals surface area contributed by atoms with Crippen LogP contribution < -0.4 is 21.6 Å². The van der Waals surface area contributed by atoms with Gasteiger partial charge in [-0.3, -0.25) is 38.4 Å². The van der Waals surface area contributed by atoms with Crippen molar-refractivity contribution in [3.63, 3.8) is 0 Å². The molecule has 0 radical (unpaired) electrons. The first kappa shape index (κ1) is 46.9. The minimum Gasteiger partial charge on any atom is -0.444 e. The van der Waals surface area contributed by atoms with Gasteiger partial charge in [-0.05, 0) is 145 Å². The highest BCUT2D eigenvalue weighted by Gasteiger charge is 2.36. The molecule has 3 N–H and O–H groups in total. The number of alkyl halides is 2. The molecule has 3 aliphatic carbocycles. The highest BCUT2D eigenvalue weighted by Crippen LogP contribution is 2.37. The number of rotatable bonds is 18. The zero-order chi connectivity index (χ0) is 47.8. The molecule has 1 atom stereocenters. The normalized spacial score (nSPS) is 23.7. The van der Waals surface area contributed by atoms with Gasteiger partial charge in [-0.25, -0.2) is 23.5 Å². The maximum absolute atomic E-state index is 14.2. The number of carbonyl (C=O) groups is 3. The third-order valence-electron chi connectivity index (χ3n) is 15.3. The molecule has 17 nitrogen and oxygen atoms in total. The van der Waals surface area contributed by atoms with E-state index in [1.54, 1.807) is 28.6 Å². The summed E-state index contributed by atoms with van der Waals surface area (Å²) >= 11 is 0. The van der Waals surface area contributed by atoms with E-state index in [1.807, 2.05) is 18.2 Å². The number of hydrogen-bond donors (Lipinski definition) is 3. The van der Waals surface area contributed by atoms with Crippen LogP contribution in [0.1, 0.15) is 124 Å². The Labute approximate surface area is 399 Å². The number of benzene rings is 1. The van der Waals surface area contributed by atoms with Crippen molar-refractivity contribution in [2.45, 2.75) is 121 Å². The summed E-state index contributed by atoms with van der Waals surface area (Å²) in [5.74, 6) is 1.37. The Balaban J connectivity index is 0.621. The van der Waals surface area contributed by atoms with Crippen LogP contribution in [-0.4, -0.2) is 108 Å². The Morgan fingerprint density at radius 3 is 2.51 bits per heavy atom. The second-order valence-electron chi connectivity index (χ2n) is 20.2. The second-order valence-corrected chi connectivity index (χ2v) is 20.2. The summed E-state index contributed by atoms with van der Waals surface area (Å²) < 4.78 is 45.1. The number of oxazole rings is 1. The molecule has 6 heterocycles. The molecule has 3 amide bonds. The smallest absolute Gasteiger partial charge is 0.329 e. The lowest BCUT2D eigenvalue weighted by Crippen LogP contribution is -2.48. The quantitative estimate of drug-likeness (QED) is 0.0759. The molecule has 2 saturated heterocycles. The minimum absolute atomic E-state index is 0.0198. The molecule has 10 rings (SSSR count). The molecule has 1 unspecified atom stereocenters. The lowest BCUT2D eigenvalue weighted by molar-refractivity contribution is -0.135. The van der Waals surface area contributed by atoms with Crippen LogP contribution in [0, 0.1) is 17.8 Å². The van der Waals surface area contributed by atoms with Gasteiger partial charge in [-0.15, -0.1) is 0 Å². The van der Waals surface area contributed by atoms with E-state index in [0.717, 1.165) is 108 Å². The van der Waals surface area contributed by atoms with Crippen molar-refractivity contribution in [3.05, 3.63) is 76.4 Å². The molecular weight excluding hydrogens is 889 g/mol. The standard InChI is InChI=1S/C50H63F2N11O6/c1-59(36-23-37(24-36)68-20-16-30-14-18-61(19-15-30)27-33-7-10-40-42(21-33)60(2)50(67)63(40)41-11-12-44(64)57-48(41)66)26-32-5-8-35(9-6-32)62-28-38(45(58-62)46(51)52)55-47(65)39-29-69-49(56-39)34-13-17-53-43(22-34)54-25-31-3-4-31/h7,10,13,17,21-22,28-32,35-37,41,46H,3-6,8-9,11-12,14-16,18-20,23-27H2,1-2H3,(H,53,54)(H,55,65)(H,57,64,66)/t32-,35-,36-,37-,41?. The summed E-state index contributed by atoms with van der Waals surface area (Å²) in [6.45, 7) is 5.43. The van der Waals surface area contributed by atoms with Gasteiger partial charge in [0.15, 0.2) is 11.4 Å². The monoisotopic (exact) mass is 951 g/mol. The lowest BCUT2D eigenvalue weighted by atomic mass is 9.83. The molecule has 3 saturated carbocycles. The number of ether oxygens (including phenoxy) is 1. The van der Waals surface area contributed by atoms with Crippen molar-refractivity contribution < 1.29 is 32.3 Å². The largest absolute Gasteiger partial charge is 0.444 e. The summed E-state index contributed by atoms with van der Waals surface area (Å²) in [7, 11) is 3.93. The number of halogens is 2. The number of nitrogens with one attached hydrogen (secondary N) is 3. The Hall–Kier alpha value is -5.79. The van der Waals surface area contributed by atoms with Crippen molar-refractivity contribution in [1.29, 1.82) is 0 Å². The number of pyridine rings is 1. The Kier molecular flexibility index (Phi) is 13.8. The fourth-order valence-corrected chi connectivity index (χ4v) is 10.8. The summed E-state index contributed by atoms with van der Waals surface area (Å²) in [5, 5.41) is 12.6. The molecule has 2 aliphatic heterocycles. The number of fused-ring (bicyclic) bond motifs is 1. The number of amides is 3. The van der Waals surface area contributed by atoms with Crippen LogP contribution in [0.25, 0.3) is 22.5 Å². The molecule has 5 aliphatic rings. The van der Waals surface area contributed by atoms with Crippen molar-refractivity contribution in [2.24, 2.45) is 24.8 Å². The molecular formula is C50H63F2N11O6. The molecule has 368 valence electrons. The SMILES string of the molecule is Cn1c(=O)n(C2CCC(=O)NC2=O)c2ccc(CN3CCC(CCO[C@H]4C[C@H](N(C)C[C@H]5CC[C@H](n6cc(NC(=O)c7coc(-c8ccnc(NCC9CC9)c8)n7)c(C(F)F)n6)CC5)C4)CC3)cc21. The molecule has 5 fully saturated rings. The highest BCUT2D eigenvalue weighted by atomic mass is 19.3. The Bertz CT molecular complexity index is 2700. The van der Waals surface area contributed by atoms with Gasteiger partial charge in [0.1, 0.15) is 18.1 Å². The fraction of sp³-hybridized carbons (Fsp3) is 0.580. The van der Waals surface area contributed by atoms with Gasteiger partial charge in [0.25, 0.3) is 12.3 Å². The van der Waals surface area contributed by atoms with Crippen LogP contribution >= 0.6 is 0 Å². The number of imidazole rings is 1. The Morgan fingerprint density at radius 2 is 1.75 bits per heavy atom. The summed E-state index contributed by atoms with van der Waals surface area (Å²) in [6.07, 6.45) is 13.8. The first-order chi connectivity index (χ1) is 33.4. The lowest BCUT2D eigenvalue weighted by Gasteiger charge is -2.43. The van der Waals surface area contributed by atoms with E-state index in [9.17, 15) is 28.0 Å². The molecule has 69 heavy (non-hydrogen) atoms. The van der Waals surface area contributed by atoms with E-state index < -0.39 is 30.0 Å². The number of hydrogen-bond acceptors (Lipinski definition) is 12. The number of nitrogens with zero attached hydrogens (tertiary/aromatic N) is 8. The van der Waals surface area contributed by atoms with Gasteiger partial charge < -0.3 is 24.7 Å². The second kappa shape index (κ2) is 20.3. The highest BCUT2D eigenvalue weighted by molar-refractivity contribution is 6.03. The van der Waals surface area contributed by atoms with Crippen LogP contribution in [-0.2, 0) is 27.9 Å². The van der Waals surface area contributed by atoms with Gasteiger partial charge in [0.05, 0.1) is 28.9 Å². The zero-order valence-electron chi connectivity index (χ0n) is 39.5. The summed E-state index contributed by atoms with van der Waals surface area (Å²) in [6, 6.07) is 9.35. The predicted octanol–water partition coefficient (Wildman–Crippen LogP) is 7.09. The van der Waals surface area contributed by atoms with Crippen LogP contribution in [0.4, 0.5) is 20.3 Å². The average Bonchev–Trinajstić information content (AvgIpc) is 3.74. The maximum atomic E-state index is 14.2. The fourth-order valence-electron chi connectivity index (χ4n) is 10.8. The third kappa shape index (κ3) is 10.7. The van der Waals surface area contributed by atoms with Crippen molar-refractivity contribution in [2.75, 3.05) is 50.5 Å². The van der Waals surface area contributed by atoms with Crippen LogP contribution in [0.3, 0.4) is 0 Å².